The number of hydrogen-bond acceptors (Lipinski definition) is 2. The van der Waals surface area contributed by atoms with E-state index in [9.17, 15) is 0 Å². The van der Waals surface area contributed by atoms with Crippen LogP contribution in [-0.2, 0) is 9.47 Å². The van der Waals surface area contributed by atoms with E-state index < -0.39 is 0 Å². The van der Waals surface area contributed by atoms with E-state index in [2.05, 4.69) is 24.3 Å². The van der Waals surface area contributed by atoms with Gasteiger partial charge in [0.15, 0.2) is 6.29 Å². The molecule has 1 aromatic carbocycles. The number of rotatable bonds is 4. The highest BCUT2D eigenvalue weighted by atomic mass is 31.1. The maximum atomic E-state index is 5.89. The van der Waals surface area contributed by atoms with Gasteiger partial charge in [-0.3, -0.25) is 0 Å². The Labute approximate surface area is 148 Å². The van der Waals surface area contributed by atoms with Crippen LogP contribution in [0.15, 0.2) is 24.3 Å². The zero-order valence-corrected chi connectivity index (χ0v) is 15.7. The molecule has 1 aliphatic heterocycles. The Morgan fingerprint density at radius 2 is 1.25 bits per heavy atom. The quantitative estimate of drug-likeness (QED) is 0.670. The summed E-state index contributed by atoms with van der Waals surface area (Å²) in [6.45, 7) is 1.48. The molecule has 2 nitrogen and oxygen atoms in total. The largest absolute Gasteiger partial charge is 0.346 e. The van der Waals surface area contributed by atoms with Gasteiger partial charge in [0, 0.05) is 5.56 Å². The molecule has 3 aliphatic rings. The monoisotopic (exact) mass is 346 g/mol. The maximum absolute atomic E-state index is 5.89. The maximum Gasteiger partial charge on any atom is 0.184 e. The molecular formula is C21H31O2P. The van der Waals surface area contributed by atoms with Gasteiger partial charge in [-0.2, -0.15) is 0 Å². The van der Waals surface area contributed by atoms with E-state index in [0.717, 1.165) is 24.5 Å². The molecule has 3 fully saturated rings. The van der Waals surface area contributed by atoms with E-state index in [1.165, 1.54) is 69.8 Å². The predicted molar refractivity (Wildman–Crippen MR) is 101 cm³/mol. The van der Waals surface area contributed by atoms with Gasteiger partial charge in [-0.15, -0.1) is 0 Å². The first-order chi connectivity index (χ1) is 11.9. The van der Waals surface area contributed by atoms with Crippen molar-refractivity contribution in [3.63, 3.8) is 0 Å². The molecular weight excluding hydrogens is 315 g/mol. The molecule has 0 N–H and O–H groups in total. The van der Waals surface area contributed by atoms with Crippen molar-refractivity contribution in [3.8, 4) is 0 Å². The fraction of sp³-hybridized carbons (Fsp3) is 0.714. The van der Waals surface area contributed by atoms with Crippen molar-refractivity contribution in [3.05, 3.63) is 29.8 Å². The van der Waals surface area contributed by atoms with Crippen LogP contribution in [0, 0.1) is 0 Å². The minimum Gasteiger partial charge on any atom is -0.346 e. The van der Waals surface area contributed by atoms with Crippen LogP contribution >= 0.6 is 7.92 Å². The van der Waals surface area contributed by atoms with Crippen molar-refractivity contribution in [1.82, 2.24) is 0 Å². The third kappa shape index (κ3) is 3.71. The van der Waals surface area contributed by atoms with E-state index >= 15 is 0 Å². The smallest absolute Gasteiger partial charge is 0.184 e. The summed E-state index contributed by atoms with van der Waals surface area (Å²) in [4.78, 5) is 0. The SMILES string of the molecule is c1ccc(P(C2CCCCC2)C2CCCCC2)c(C2OCCO2)c1. The Bertz CT molecular complexity index is 496. The van der Waals surface area contributed by atoms with Crippen molar-refractivity contribution >= 4 is 13.2 Å². The van der Waals surface area contributed by atoms with Gasteiger partial charge in [-0.05, 0) is 42.3 Å². The molecule has 3 heteroatoms. The van der Waals surface area contributed by atoms with Crippen LogP contribution in [0.1, 0.15) is 76.1 Å². The predicted octanol–water partition coefficient (Wildman–Crippen LogP) is 5.50. The second-order valence-corrected chi connectivity index (χ2v) is 10.4. The van der Waals surface area contributed by atoms with E-state index in [0.29, 0.717) is 0 Å². The first-order valence-corrected chi connectivity index (χ1v) is 11.5. The van der Waals surface area contributed by atoms with E-state index in [1.807, 2.05) is 0 Å². The van der Waals surface area contributed by atoms with Gasteiger partial charge >= 0.3 is 0 Å². The van der Waals surface area contributed by atoms with Crippen molar-refractivity contribution < 1.29 is 9.47 Å². The lowest BCUT2D eigenvalue weighted by Gasteiger charge is -2.40. The molecule has 2 saturated carbocycles. The summed E-state index contributed by atoms with van der Waals surface area (Å²) in [5.41, 5.74) is 3.20. The zero-order valence-electron chi connectivity index (χ0n) is 14.8. The van der Waals surface area contributed by atoms with Gasteiger partial charge in [0.1, 0.15) is 0 Å². The minimum absolute atomic E-state index is 0.0890. The van der Waals surface area contributed by atoms with Gasteiger partial charge in [0.25, 0.3) is 0 Å². The Morgan fingerprint density at radius 1 is 0.708 bits per heavy atom. The van der Waals surface area contributed by atoms with Crippen molar-refractivity contribution in [2.75, 3.05) is 13.2 Å². The van der Waals surface area contributed by atoms with Crippen LogP contribution in [0.4, 0.5) is 0 Å². The summed E-state index contributed by atoms with van der Waals surface area (Å²) < 4.78 is 11.8. The van der Waals surface area contributed by atoms with Gasteiger partial charge < -0.3 is 9.47 Å². The molecule has 0 unspecified atom stereocenters. The number of hydrogen-bond donors (Lipinski definition) is 0. The molecule has 1 heterocycles. The van der Waals surface area contributed by atoms with Crippen LogP contribution in [0.2, 0.25) is 0 Å². The number of benzene rings is 1. The molecule has 2 aliphatic carbocycles. The van der Waals surface area contributed by atoms with Crippen LogP contribution in [0.3, 0.4) is 0 Å². The summed E-state index contributed by atoms with van der Waals surface area (Å²) in [5, 5.41) is 1.61. The summed E-state index contributed by atoms with van der Waals surface area (Å²) >= 11 is 0. The highest BCUT2D eigenvalue weighted by Gasteiger charge is 2.35. The molecule has 0 aromatic heterocycles. The fourth-order valence-corrected chi connectivity index (χ4v) is 8.83. The Balaban J connectivity index is 1.66. The van der Waals surface area contributed by atoms with Crippen LogP contribution in [0.5, 0.6) is 0 Å². The fourth-order valence-electron chi connectivity index (χ4n) is 4.87. The van der Waals surface area contributed by atoms with Crippen molar-refractivity contribution in [2.24, 2.45) is 0 Å². The molecule has 1 saturated heterocycles. The Kier molecular flexibility index (Phi) is 5.88. The van der Waals surface area contributed by atoms with Crippen LogP contribution in [0.25, 0.3) is 0 Å². The second-order valence-electron chi connectivity index (χ2n) is 7.62. The molecule has 132 valence electrons. The molecule has 24 heavy (non-hydrogen) atoms. The molecule has 1 aromatic rings. The summed E-state index contributed by atoms with van der Waals surface area (Å²) in [6.07, 6.45) is 14.3. The van der Waals surface area contributed by atoms with E-state index in [1.54, 1.807) is 5.30 Å². The highest BCUT2D eigenvalue weighted by molar-refractivity contribution is 7.67. The third-order valence-corrected chi connectivity index (χ3v) is 9.60. The van der Waals surface area contributed by atoms with Crippen molar-refractivity contribution in [2.45, 2.75) is 81.8 Å². The molecule has 0 radical (unpaired) electrons. The van der Waals surface area contributed by atoms with Crippen molar-refractivity contribution in [1.29, 1.82) is 0 Å². The average molecular weight is 346 g/mol. The van der Waals surface area contributed by atoms with Crippen LogP contribution in [-0.4, -0.2) is 24.5 Å². The molecule has 4 rings (SSSR count). The highest BCUT2D eigenvalue weighted by Crippen LogP contribution is 2.55. The van der Waals surface area contributed by atoms with E-state index in [-0.39, 0.29) is 14.2 Å². The van der Waals surface area contributed by atoms with Gasteiger partial charge in [-0.25, -0.2) is 0 Å². The van der Waals surface area contributed by atoms with Gasteiger partial charge in [0.2, 0.25) is 0 Å². The zero-order chi connectivity index (χ0) is 16.2. The van der Waals surface area contributed by atoms with Crippen LogP contribution < -0.4 is 5.30 Å². The lowest BCUT2D eigenvalue weighted by atomic mass is 9.99. The van der Waals surface area contributed by atoms with Gasteiger partial charge in [0.05, 0.1) is 13.2 Å². The normalized spacial score (nSPS) is 24.7. The molecule has 0 amide bonds. The first kappa shape index (κ1) is 17.0. The topological polar surface area (TPSA) is 18.5 Å². The molecule has 0 bridgehead atoms. The first-order valence-electron chi connectivity index (χ1n) is 10.0. The van der Waals surface area contributed by atoms with Gasteiger partial charge in [-0.1, -0.05) is 70.7 Å². The van der Waals surface area contributed by atoms with E-state index in [4.69, 9.17) is 9.47 Å². The second kappa shape index (κ2) is 8.30. The number of ether oxygens (including phenoxy) is 2. The Hall–Kier alpha value is -0.430. The molecule has 0 atom stereocenters. The summed E-state index contributed by atoms with van der Waals surface area (Å²) in [5.74, 6) is 0. The average Bonchev–Trinajstić information content (AvgIpc) is 3.19. The minimum atomic E-state index is -0.113. The molecule has 0 spiro atoms. The lowest BCUT2D eigenvalue weighted by Crippen LogP contribution is -2.28. The third-order valence-electron chi connectivity index (χ3n) is 6.03. The Morgan fingerprint density at radius 3 is 1.83 bits per heavy atom. The summed E-state index contributed by atoms with van der Waals surface area (Å²) in [7, 11) is -0.0890. The summed E-state index contributed by atoms with van der Waals surface area (Å²) in [6, 6.07) is 9.09. The lowest BCUT2D eigenvalue weighted by molar-refractivity contribution is -0.0433. The standard InChI is InChI=1S/C21H31O2P/c1-3-9-17(10-4-1)24(18-11-5-2-6-12-18)20-14-8-7-13-19(20)21-22-15-16-23-21/h7-8,13-14,17-18,21H,1-6,9-12,15-16H2.